The Morgan fingerprint density at radius 3 is 2.96 bits per heavy atom. The molecule has 1 N–H and O–H groups in total. The Bertz CT molecular complexity index is 879. The minimum absolute atomic E-state index is 0.0133. The van der Waals surface area contributed by atoms with Gasteiger partial charge in [-0.15, -0.1) is 0 Å². The Balaban J connectivity index is 1.46. The largest absolute Gasteiger partial charge is 0.352 e. The maximum Gasteiger partial charge on any atom is 0.261 e. The van der Waals surface area contributed by atoms with Gasteiger partial charge in [0.15, 0.2) is 0 Å². The minimum Gasteiger partial charge on any atom is -0.352 e. The molecule has 4 unspecified atom stereocenters. The van der Waals surface area contributed by atoms with Crippen LogP contribution < -0.4 is 10.9 Å². The SMILES string of the molecule is CC(NC(=O)Cn1cnc2ccc(Br)cc2c1=O)C1CC2CCC1C2. The third kappa shape index (κ3) is 3.24. The first kappa shape index (κ1) is 16.8. The number of nitrogens with one attached hydrogen (secondary N) is 1. The maximum absolute atomic E-state index is 12.6. The zero-order chi connectivity index (χ0) is 17.6. The third-order valence-electron chi connectivity index (χ3n) is 5.92. The van der Waals surface area contributed by atoms with E-state index in [9.17, 15) is 9.59 Å². The molecule has 0 saturated heterocycles. The molecule has 2 fully saturated rings. The van der Waals surface area contributed by atoms with Crippen molar-refractivity contribution in [1.29, 1.82) is 0 Å². The van der Waals surface area contributed by atoms with E-state index in [1.807, 2.05) is 6.07 Å². The molecule has 2 aromatic rings. The van der Waals surface area contributed by atoms with E-state index in [1.165, 1.54) is 36.6 Å². The second-order valence-electron chi connectivity index (χ2n) is 7.53. The van der Waals surface area contributed by atoms with Crippen LogP contribution >= 0.6 is 15.9 Å². The Morgan fingerprint density at radius 2 is 2.24 bits per heavy atom. The fourth-order valence-corrected chi connectivity index (χ4v) is 5.07. The summed E-state index contributed by atoms with van der Waals surface area (Å²) in [6.45, 7) is 2.11. The van der Waals surface area contributed by atoms with Gasteiger partial charge >= 0.3 is 0 Å². The zero-order valence-corrected chi connectivity index (χ0v) is 15.8. The Kier molecular flexibility index (Phi) is 4.40. The van der Waals surface area contributed by atoms with Crippen molar-refractivity contribution in [1.82, 2.24) is 14.9 Å². The first-order valence-corrected chi connectivity index (χ1v) is 9.74. The van der Waals surface area contributed by atoms with Crippen molar-refractivity contribution in [2.45, 2.75) is 45.2 Å². The molecular formula is C19H22BrN3O2. The van der Waals surface area contributed by atoms with E-state index in [0.29, 0.717) is 16.8 Å². The van der Waals surface area contributed by atoms with Gasteiger partial charge in [-0.2, -0.15) is 0 Å². The molecule has 2 aliphatic rings. The van der Waals surface area contributed by atoms with Crippen molar-refractivity contribution in [3.63, 3.8) is 0 Å². The fraction of sp³-hybridized carbons (Fsp3) is 0.526. The van der Waals surface area contributed by atoms with Gasteiger partial charge in [0.2, 0.25) is 5.91 Å². The Morgan fingerprint density at radius 1 is 1.40 bits per heavy atom. The fourth-order valence-electron chi connectivity index (χ4n) is 4.71. The molecule has 4 rings (SSSR count). The molecule has 2 bridgehead atoms. The lowest BCUT2D eigenvalue weighted by atomic mass is 9.84. The Hall–Kier alpha value is -1.69. The van der Waals surface area contributed by atoms with Crippen molar-refractivity contribution in [2.24, 2.45) is 17.8 Å². The second kappa shape index (κ2) is 6.56. The highest BCUT2D eigenvalue weighted by Gasteiger charge is 2.42. The summed E-state index contributed by atoms with van der Waals surface area (Å²) in [6.07, 6.45) is 6.68. The van der Waals surface area contributed by atoms with Crippen LogP contribution in [0.3, 0.4) is 0 Å². The average Bonchev–Trinajstić information content (AvgIpc) is 3.21. The first-order valence-electron chi connectivity index (χ1n) is 8.95. The number of benzene rings is 1. The van der Waals surface area contributed by atoms with Gasteiger partial charge in [-0.05, 0) is 62.1 Å². The van der Waals surface area contributed by atoms with Crippen LogP contribution in [0.15, 0.2) is 33.8 Å². The smallest absolute Gasteiger partial charge is 0.261 e. The lowest BCUT2D eigenvalue weighted by Crippen LogP contribution is -2.42. The van der Waals surface area contributed by atoms with E-state index in [-0.39, 0.29) is 24.1 Å². The van der Waals surface area contributed by atoms with E-state index in [1.54, 1.807) is 12.1 Å². The van der Waals surface area contributed by atoms with E-state index in [2.05, 4.69) is 33.2 Å². The third-order valence-corrected chi connectivity index (χ3v) is 6.42. The monoisotopic (exact) mass is 403 g/mol. The highest BCUT2D eigenvalue weighted by atomic mass is 79.9. The maximum atomic E-state index is 12.6. The summed E-state index contributed by atoms with van der Waals surface area (Å²) in [5.41, 5.74) is 0.453. The van der Waals surface area contributed by atoms with Crippen molar-refractivity contribution in [3.05, 3.63) is 39.4 Å². The quantitative estimate of drug-likeness (QED) is 0.852. The molecule has 1 aromatic heterocycles. The van der Waals surface area contributed by atoms with Gasteiger partial charge in [-0.25, -0.2) is 4.98 Å². The highest BCUT2D eigenvalue weighted by Crippen LogP contribution is 2.49. The number of amides is 1. The molecule has 6 heteroatoms. The van der Waals surface area contributed by atoms with Crippen LogP contribution in [0.1, 0.15) is 32.6 Å². The van der Waals surface area contributed by atoms with Crippen molar-refractivity contribution < 1.29 is 4.79 Å². The van der Waals surface area contributed by atoms with Crippen LogP contribution in [0.5, 0.6) is 0 Å². The summed E-state index contributed by atoms with van der Waals surface area (Å²) in [5.74, 6) is 2.10. The topological polar surface area (TPSA) is 64.0 Å². The molecule has 0 spiro atoms. The van der Waals surface area contributed by atoms with E-state index < -0.39 is 0 Å². The first-order chi connectivity index (χ1) is 12.0. The number of hydrogen-bond donors (Lipinski definition) is 1. The predicted molar refractivity (Wildman–Crippen MR) is 100 cm³/mol. The summed E-state index contributed by atoms with van der Waals surface area (Å²) >= 11 is 3.37. The summed E-state index contributed by atoms with van der Waals surface area (Å²) in [5, 5.41) is 3.63. The van der Waals surface area contributed by atoms with Gasteiger partial charge < -0.3 is 5.32 Å². The van der Waals surface area contributed by atoms with E-state index in [0.717, 1.165) is 16.3 Å². The van der Waals surface area contributed by atoms with Crippen LogP contribution in [0.4, 0.5) is 0 Å². The van der Waals surface area contributed by atoms with Crippen LogP contribution in [0.25, 0.3) is 10.9 Å². The zero-order valence-electron chi connectivity index (χ0n) is 14.2. The normalized spacial score (nSPS) is 26.1. The molecule has 25 heavy (non-hydrogen) atoms. The molecule has 0 radical (unpaired) electrons. The predicted octanol–water partition coefficient (Wildman–Crippen LogP) is 3.10. The summed E-state index contributed by atoms with van der Waals surface area (Å²) < 4.78 is 2.21. The van der Waals surface area contributed by atoms with Gasteiger partial charge in [0.1, 0.15) is 6.54 Å². The molecular weight excluding hydrogens is 382 g/mol. The molecule has 5 nitrogen and oxygen atoms in total. The summed E-state index contributed by atoms with van der Waals surface area (Å²) in [4.78, 5) is 29.3. The lowest BCUT2D eigenvalue weighted by molar-refractivity contribution is -0.122. The number of aromatic nitrogens is 2. The van der Waals surface area contributed by atoms with Crippen molar-refractivity contribution in [3.8, 4) is 0 Å². The van der Waals surface area contributed by atoms with Crippen molar-refractivity contribution in [2.75, 3.05) is 0 Å². The number of carbonyl (C=O) groups excluding carboxylic acids is 1. The number of carbonyl (C=O) groups is 1. The minimum atomic E-state index is -0.186. The van der Waals surface area contributed by atoms with Gasteiger partial charge in [0.25, 0.3) is 5.56 Å². The second-order valence-corrected chi connectivity index (χ2v) is 8.45. The van der Waals surface area contributed by atoms with Crippen LogP contribution in [-0.4, -0.2) is 21.5 Å². The molecule has 0 aliphatic heterocycles. The summed E-state index contributed by atoms with van der Waals surface area (Å²) in [6, 6.07) is 5.56. The molecule has 1 amide bonds. The number of nitrogens with zero attached hydrogens (tertiary/aromatic N) is 2. The van der Waals surface area contributed by atoms with Gasteiger partial charge in [0, 0.05) is 10.5 Å². The number of hydrogen-bond acceptors (Lipinski definition) is 3. The van der Waals surface area contributed by atoms with Gasteiger partial charge in [0.05, 0.1) is 17.2 Å². The van der Waals surface area contributed by atoms with Crippen molar-refractivity contribution >= 4 is 32.7 Å². The number of rotatable bonds is 4. The van der Waals surface area contributed by atoms with Crippen LogP contribution in [0, 0.1) is 17.8 Å². The van der Waals surface area contributed by atoms with Gasteiger partial charge in [-0.3, -0.25) is 14.2 Å². The standard InChI is InChI=1S/C19H22BrN3O2/c1-11(15-7-12-2-3-13(15)6-12)22-18(24)9-23-10-21-17-5-4-14(20)8-16(17)19(23)25/h4-5,8,10-13,15H,2-3,6-7,9H2,1H3,(H,22,24). The molecule has 1 heterocycles. The van der Waals surface area contributed by atoms with Crippen LogP contribution in [-0.2, 0) is 11.3 Å². The molecule has 132 valence electrons. The molecule has 2 saturated carbocycles. The molecule has 4 atom stereocenters. The summed E-state index contributed by atoms with van der Waals surface area (Å²) in [7, 11) is 0. The van der Waals surface area contributed by atoms with E-state index >= 15 is 0 Å². The highest BCUT2D eigenvalue weighted by molar-refractivity contribution is 9.10. The molecule has 2 aliphatic carbocycles. The van der Waals surface area contributed by atoms with E-state index in [4.69, 9.17) is 0 Å². The number of halogens is 1. The lowest BCUT2D eigenvalue weighted by Gasteiger charge is -2.28. The Labute approximate surface area is 155 Å². The van der Waals surface area contributed by atoms with Gasteiger partial charge in [-0.1, -0.05) is 22.4 Å². The molecule has 1 aromatic carbocycles. The number of fused-ring (bicyclic) bond motifs is 3. The van der Waals surface area contributed by atoms with Crippen LogP contribution in [0.2, 0.25) is 0 Å². The average molecular weight is 404 g/mol.